The van der Waals surface area contributed by atoms with Gasteiger partial charge >= 0.3 is 0 Å². The zero-order valence-corrected chi connectivity index (χ0v) is 17.9. The molecule has 1 aliphatic carbocycles. The Labute approximate surface area is 179 Å². The highest BCUT2D eigenvalue weighted by molar-refractivity contribution is 7.90. The van der Waals surface area contributed by atoms with Crippen molar-refractivity contribution in [3.63, 3.8) is 0 Å². The standard InChI is InChI=1S/C23H21F2N3O2S/c1-26-19-8-9-21-17(19)13-22(15-7-6-14(24)12-18(15)25)28(21)31(29,30)23-5-3-4-20-16(23)10-11-27(20)2/h3-7,10-13,19,26H,8-9H2,1-2H3. The van der Waals surface area contributed by atoms with E-state index in [0.717, 1.165) is 29.6 Å². The lowest BCUT2D eigenvalue weighted by molar-refractivity contribution is 0.579. The smallest absolute Gasteiger partial charge is 0.269 e. The first kappa shape index (κ1) is 20.0. The van der Waals surface area contributed by atoms with Crippen LogP contribution >= 0.6 is 0 Å². The summed E-state index contributed by atoms with van der Waals surface area (Å²) in [5.41, 5.74) is 2.49. The average Bonchev–Trinajstić information content (AvgIpc) is 3.41. The predicted molar refractivity (Wildman–Crippen MR) is 115 cm³/mol. The van der Waals surface area contributed by atoms with Gasteiger partial charge in [0.05, 0.1) is 10.6 Å². The Bertz CT molecular complexity index is 1440. The van der Waals surface area contributed by atoms with E-state index >= 15 is 0 Å². The average molecular weight is 442 g/mol. The van der Waals surface area contributed by atoms with Crippen molar-refractivity contribution < 1.29 is 17.2 Å². The number of halogens is 2. The third-order valence-electron chi connectivity index (χ3n) is 6.10. The molecule has 5 rings (SSSR count). The highest BCUT2D eigenvalue weighted by atomic mass is 32.2. The first-order valence-electron chi connectivity index (χ1n) is 9.99. The van der Waals surface area contributed by atoms with Crippen molar-refractivity contribution in [1.82, 2.24) is 13.9 Å². The maximum absolute atomic E-state index is 14.7. The highest BCUT2D eigenvalue weighted by Crippen LogP contribution is 2.41. The van der Waals surface area contributed by atoms with Gasteiger partial charge in [0.2, 0.25) is 0 Å². The number of hydrogen-bond acceptors (Lipinski definition) is 3. The van der Waals surface area contributed by atoms with E-state index in [2.05, 4.69) is 5.32 Å². The molecule has 2 aromatic carbocycles. The summed E-state index contributed by atoms with van der Waals surface area (Å²) >= 11 is 0. The van der Waals surface area contributed by atoms with E-state index in [1.54, 1.807) is 30.5 Å². The van der Waals surface area contributed by atoms with Crippen LogP contribution in [-0.4, -0.2) is 24.0 Å². The molecule has 0 saturated carbocycles. The third-order valence-corrected chi connectivity index (χ3v) is 7.91. The Hall–Kier alpha value is -2.97. The molecule has 0 bridgehead atoms. The van der Waals surface area contributed by atoms with Gasteiger partial charge in [-0.3, -0.25) is 0 Å². The first-order valence-corrected chi connectivity index (χ1v) is 11.4. The first-order chi connectivity index (χ1) is 14.8. The maximum atomic E-state index is 14.7. The molecular weight excluding hydrogens is 420 g/mol. The Morgan fingerprint density at radius 3 is 2.65 bits per heavy atom. The zero-order chi connectivity index (χ0) is 21.9. The van der Waals surface area contributed by atoms with E-state index in [1.807, 2.05) is 24.7 Å². The molecule has 0 spiro atoms. The third kappa shape index (κ3) is 2.93. The number of rotatable bonds is 4. The number of hydrogen-bond donors (Lipinski definition) is 1. The molecule has 1 aliphatic rings. The molecule has 0 radical (unpaired) electrons. The summed E-state index contributed by atoms with van der Waals surface area (Å²) in [6.45, 7) is 0. The molecule has 0 saturated heterocycles. The SMILES string of the molecule is CNC1CCc2c1cc(-c1ccc(F)cc1F)n2S(=O)(=O)c1cccc2c1ccn2C. The van der Waals surface area contributed by atoms with Crippen LogP contribution in [0.25, 0.3) is 22.2 Å². The summed E-state index contributed by atoms with van der Waals surface area (Å²) in [5, 5.41) is 3.79. The van der Waals surface area contributed by atoms with E-state index in [9.17, 15) is 17.2 Å². The van der Waals surface area contributed by atoms with Crippen LogP contribution in [0.3, 0.4) is 0 Å². The molecular formula is C23H21F2N3O2S. The van der Waals surface area contributed by atoms with Gasteiger partial charge in [0.1, 0.15) is 11.6 Å². The Kier molecular flexibility index (Phi) is 4.53. The molecule has 160 valence electrons. The second kappa shape index (κ2) is 7.03. The van der Waals surface area contributed by atoms with E-state index in [-0.39, 0.29) is 22.2 Å². The van der Waals surface area contributed by atoms with Gasteiger partial charge in [-0.05, 0) is 61.9 Å². The molecule has 1 atom stereocenters. The van der Waals surface area contributed by atoms with E-state index < -0.39 is 21.7 Å². The molecule has 2 heterocycles. The van der Waals surface area contributed by atoms with Crippen molar-refractivity contribution >= 4 is 20.9 Å². The maximum Gasteiger partial charge on any atom is 0.269 e. The number of nitrogens with zero attached hydrogens (tertiary/aromatic N) is 2. The molecule has 4 aromatic rings. The molecule has 1 unspecified atom stereocenters. The lowest BCUT2D eigenvalue weighted by atomic mass is 10.1. The van der Waals surface area contributed by atoms with Crippen molar-refractivity contribution in [2.75, 3.05) is 7.05 Å². The van der Waals surface area contributed by atoms with Gasteiger partial charge in [-0.25, -0.2) is 21.2 Å². The fourth-order valence-electron chi connectivity index (χ4n) is 4.59. The minimum Gasteiger partial charge on any atom is -0.351 e. The van der Waals surface area contributed by atoms with Crippen LogP contribution in [0.4, 0.5) is 8.78 Å². The second-order valence-electron chi connectivity index (χ2n) is 7.82. The zero-order valence-electron chi connectivity index (χ0n) is 17.1. The van der Waals surface area contributed by atoms with Gasteiger partial charge in [0.15, 0.2) is 0 Å². The topological polar surface area (TPSA) is 56.0 Å². The largest absolute Gasteiger partial charge is 0.351 e. The van der Waals surface area contributed by atoms with Crippen molar-refractivity contribution in [2.45, 2.75) is 23.8 Å². The number of aromatic nitrogens is 2. The molecule has 0 aliphatic heterocycles. The molecule has 31 heavy (non-hydrogen) atoms. The number of nitrogens with one attached hydrogen (secondary N) is 1. The van der Waals surface area contributed by atoms with E-state index in [1.165, 1.54) is 10.0 Å². The fraction of sp³-hybridized carbons (Fsp3) is 0.217. The monoisotopic (exact) mass is 441 g/mol. The highest BCUT2D eigenvalue weighted by Gasteiger charge is 2.34. The van der Waals surface area contributed by atoms with Crippen LogP contribution in [0.15, 0.2) is 59.6 Å². The second-order valence-corrected chi connectivity index (χ2v) is 9.58. The van der Waals surface area contributed by atoms with Crippen LogP contribution in [-0.2, 0) is 23.5 Å². The number of fused-ring (bicyclic) bond motifs is 2. The van der Waals surface area contributed by atoms with Gasteiger partial charge in [-0.2, -0.15) is 0 Å². The Balaban J connectivity index is 1.82. The lowest BCUT2D eigenvalue weighted by Gasteiger charge is -2.15. The number of aryl methyl sites for hydroxylation is 1. The fourth-order valence-corrected chi connectivity index (χ4v) is 6.39. The molecule has 1 N–H and O–H groups in total. The minimum absolute atomic E-state index is 0.0266. The summed E-state index contributed by atoms with van der Waals surface area (Å²) in [6, 6.07) is 11.8. The summed E-state index contributed by atoms with van der Waals surface area (Å²) in [5.74, 6) is -1.51. The van der Waals surface area contributed by atoms with E-state index in [4.69, 9.17) is 0 Å². The van der Waals surface area contributed by atoms with E-state index in [0.29, 0.717) is 17.5 Å². The molecule has 0 fully saturated rings. The summed E-state index contributed by atoms with van der Waals surface area (Å²) in [6.07, 6.45) is 3.09. The molecule has 8 heteroatoms. The van der Waals surface area contributed by atoms with Crippen molar-refractivity contribution in [2.24, 2.45) is 7.05 Å². The Morgan fingerprint density at radius 1 is 1.10 bits per heavy atom. The minimum atomic E-state index is -4.06. The van der Waals surface area contributed by atoms with Gasteiger partial charge < -0.3 is 9.88 Å². The van der Waals surface area contributed by atoms with Crippen LogP contribution in [0.1, 0.15) is 23.7 Å². The summed E-state index contributed by atoms with van der Waals surface area (Å²) < 4.78 is 59.3. The van der Waals surface area contributed by atoms with Crippen LogP contribution in [0.2, 0.25) is 0 Å². The predicted octanol–water partition coefficient (Wildman–Crippen LogP) is 4.37. The van der Waals surface area contributed by atoms with Crippen LogP contribution < -0.4 is 5.32 Å². The van der Waals surface area contributed by atoms with Crippen molar-refractivity contribution in [3.8, 4) is 11.3 Å². The molecule has 2 aromatic heterocycles. The Morgan fingerprint density at radius 2 is 1.90 bits per heavy atom. The quantitative estimate of drug-likeness (QED) is 0.512. The van der Waals surface area contributed by atoms with Gasteiger partial charge in [0.25, 0.3) is 10.0 Å². The number of benzene rings is 2. The van der Waals surface area contributed by atoms with Gasteiger partial charge in [0, 0.05) is 47.5 Å². The van der Waals surface area contributed by atoms with Gasteiger partial charge in [-0.15, -0.1) is 0 Å². The van der Waals surface area contributed by atoms with Crippen LogP contribution in [0, 0.1) is 11.6 Å². The normalized spacial score (nSPS) is 16.2. The van der Waals surface area contributed by atoms with Crippen molar-refractivity contribution in [3.05, 3.63) is 77.6 Å². The lowest BCUT2D eigenvalue weighted by Crippen LogP contribution is -2.17. The summed E-state index contributed by atoms with van der Waals surface area (Å²) in [7, 11) is -0.392. The van der Waals surface area contributed by atoms with Crippen LogP contribution in [0.5, 0.6) is 0 Å². The molecule has 0 amide bonds. The summed E-state index contributed by atoms with van der Waals surface area (Å²) in [4.78, 5) is 0.153. The van der Waals surface area contributed by atoms with Gasteiger partial charge in [-0.1, -0.05) is 6.07 Å². The van der Waals surface area contributed by atoms with Crippen molar-refractivity contribution in [1.29, 1.82) is 0 Å². The molecule has 5 nitrogen and oxygen atoms in total.